The van der Waals surface area contributed by atoms with Crippen molar-refractivity contribution in [3.63, 3.8) is 0 Å². The van der Waals surface area contributed by atoms with E-state index in [1.54, 1.807) is 0 Å². The summed E-state index contributed by atoms with van der Waals surface area (Å²) < 4.78 is 0. The maximum atomic E-state index is 13.0. The fraction of sp³-hybridized carbons (Fsp3) is 0.850. The Kier molecular flexibility index (Phi) is 7.93. The molecule has 2 rings (SSSR count). The molecule has 28 heavy (non-hydrogen) atoms. The van der Waals surface area contributed by atoms with E-state index in [2.05, 4.69) is 31.4 Å². The monoisotopic (exact) mass is 416 g/mol. The van der Waals surface area contributed by atoms with E-state index in [0.717, 1.165) is 17.7 Å². The quantitative estimate of drug-likeness (QED) is 0.578. The second kappa shape index (κ2) is 8.99. The first-order valence-corrected chi connectivity index (χ1v) is 10.2. The summed E-state index contributed by atoms with van der Waals surface area (Å²) in [6.07, 6.45) is 4.46. The van der Waals surface area contributed by atoms with Gasteiger partial charge >= 0.3 is 6.03 Å². The van der Waals surface area contributed by atoms with Gasteiger partial charge in [0.2, 0.25) is 5.91 Å². The number of hydrogen-bond acceptors (Lipinski definition) is 4. The van der Waals surface area contributed by atoms with Crippen molar-refractivity contribution in [2.24, 2.45) is 17.1 Å². The number of nitrogens with zero attached hydrogens (tertiary/aromatic N) is 1. The Hall–Kier alpha value is -1.34. The van der Waals surface area contributed by atoms with E-state index < -0.39 is 17.1 Å². The fourth-order valence-corrected chi connectivity index (χ4v) is 4.38. The second-order valence-electron chi connectivity index (χ2n) is 9.28. The van der Waals surface area contributed by atoms with Crippen LogP contribution in [0, 0.1) is 11.3 Å². The van der Waals surface area contributed by atoms with Crippen molar-refractivity contribution in [2.45, 2.75) is 84.2 Å². The lowest BCUT2D eigenvalue weighted by atomic mass is 9.67. The lowest BCUT2D eigenvalue weighted by molar-refractivity contribution is -0.136. The predicted molar refractivity (Wildman–Crippen MR) is 112 cm³/mol. The van der Waals surface area contributed by atoms with Gasteiger partial charge in [-0.15, -0.1) is 12.4 Å². The van der Waals surface area contributed by atoms with Gasteiger partial charge in [-0.2, -0.15) is 0 Å². The van der Waals surface area contributed by atoms with Crippen molar-refractivity contribution in [1.82, 2.24) is 15.5 Å². The van der Waals surface area contributed by atoms with Gasteiger partial charge in [-0.1, -0.05) is 34.6 Å². The number of carbonyl (C=O) groups is 3. The summed E-state index contributed by atoms with van der Waals surface area (Å²) in [4.78, 5) is 39.0. The van der Waals surface area contributed by atoms with E-state index in [1.807, 2.05) is 13.8 Å². The smallest absolute Gasteiger partial charge is 0.325 e. The highest BCUT2D eigenvalue weighted by Gasteiger charge is 2.53. The minimum Gasteiger partial charge on any atom is -0.348 e. The minimum absolute atomic E-state index is 0. The minimum atomic E-state index is -0.834. The summed E-state index contributed by atoms with van der Waals surface area (Å²) in [7, 11) is 0. The average molecular weight is 417 g/mol. The molecule has 0 atom stereocenters. The molecule has 2 aliphatic rings. The van der Waals surface area contributed by atoms with Crippen LogP contribution >= 0.6 is 12.4 Å². The SMILES string of the molecule is CCC(CC)(CN)NC(=O)CN1C(=O)NC2(CCC(C(C)(C)C)CC2)C1=O.Cl. The molecule has 4 N–H and O–H groups in total. The number of rotatable bonds is 6. The molecule has 0 aromatic carbocycles. The highest BCUT2D eigenvalue weighted by atomic mass is 35.5. The van der Waals surface area contributed by atoms with Crippen molar-refractivity contribution >= 4 is 30.3 Å². The first-order valence-electron chi connectivity index (χ1n) is 10.2. The van der Waals surface area contributed by atoms with Gasteiger partial charge in [-0.25, -0.2) is 4.79 Å². The van der Waals surface area contributed by atoms with Crippen molar-refractivity contribution in [3.05, 3.63) is 0 Å². The maximum Gasteiger partial charge on any atom is 0.325 e. The van der Waals surface area contributed by atoms with Crippen LogP contribution in [-0.4, -0.2) is 46.9 Å². The standard InChI is InChI=1S/C20H36N4O3.ClH/c1-6-19(7-2,13-21)22-15(25)12-24-16(26)20(23-17(24)27)10-8-14(9-11-20)18(3,4)5;/h14H,6-13,21H2,1-5H3,(H,22,25)(H,23,27);1H. The van der Waals surface area contributed by atoms with Gasteiger partial charge in [0.15, 0.2) is 0 Å². The number of nitrogens with one attached hydrogen (secondary N) is 2. The largest absolute Gasteiger partial charge is 0.348 e. The predicted octanol–water partition coefficient (Wildman–Crippen LogP) is 2.57. The van der Waals surface area contributed by atoms with Gasteiger partial charge in [-0.05, 0) is 49.9 Å². The molecule has 4 amide bonds. The van der Waals surface area contributed by atoms with E-state index in [-0.39, 0.29) is 36.2 Å². The van der Waals surface area contributed by atoms with Gasteiger partial charge in [0, 0.05) is 6.54 Å². The highest BCUT2D eigenvalue weighted by Crippen LogP contribution is 2.43. The van der Waals surface area contributed by atoms with Crippen LogP contribution in [0.3, 0.4) is 0 Å². The van der Waals surface area contributed by atoms with Crippen LogP contribution in [-0.2, 0) is 9.59 Å². The first-order chi connectivity index (χ1) is 12.5. The van der Waals surface area contributed by atoms with Gasteiger partial charge in [0.1, 0.15) is 12.1 Å². The van der Waals surface area contributed by atoms with Crippen LogP contribution < -0.4 is 16.4 Å². The summed E-state index contributed by atoms with van der Waals surface area (Å²) in [5.41, 5.74) is 4.70. The Labute approximate surface area is 174 Å². The molecule has 1 heterocycles. The molecule has 8 heteroatoms. The molecule has 162 valence electrons. The summed E-state index contributed by atoms with van der Waals surface area (Å²) in [6.45, 7) is 10.6. The third-order valence-corrected chi connectivity index (χ3v) is 6.76. The van der Waals surface area contributed by atoms with Crippen LogP contribution in [0.5, 0.6) is 0 Å². The third-order valence-electron chi connectivity index (χ3n) is 6.76. The van der Waals surface area contributed by atoms with Gasteiger partial charge in [0.25, 0.3) is 5.91 Å². The molecule has 1 spiro atoms. The number of hydrogen-bond donors (Lipinski definition) is 3. The number of amides is 4. The molecular formula is C20H37ClN4O3. The zero-order valence-electron chi connectivity index (χ0n) is 17.9. The van der Waals surface area contributed by atoms with E-state index in [1.165, 1.54) is 0 Å². The fourth-order valence-electron chi connectivity index (χ4n) is 4.38. The van der Waals surface area contributed by atoms with E-state index in [9.17, 15) is 14.4 Å². The number of halogens is 1. The zero-order valence-corrected chi connectivity index (χ0v) is 18.7. The topological polar surface area (TPSA) is 105 Å². The van der Waals surface area contributed by atoms with Crippen LogP contribution in [0.4, 0.5) is 4.79 Å². The Balaban J connectivity index is 0.00000392. The lowest BCUT2D eigenvalue weighted by Crippen LogP contribution is -2.56. The van der Waals surface area contributed by atoms with Crippen LogP contribution in [0.2, 0.25) is 0 Å². The summed E-state index contributed by atoms with van der Waals surface area (Å²) in [6, 6.07) is -0.462. The average Bonchev–Trinajstić information content (AvgIpc) is 2.83. The molecule has 7 nitrogen and oxygen atoms in total. The van der Waals surface area contributed by atoms with Crippen molar-refractivity contribution in [3.8, 4) is 0 Å². The summed E-state index contributed by atoms with van der Waals surface area (Å²) >= 11 is 0. The molecule has 0 radical (unpaired) electrons. The molecule has 0 aromatic heterocycles. The molecular weight excluding hydrogens is 380 g/mol. The summed E-state index contributed by atoms with van der Waals surface area (Å²) in [5, 5.41) is 5.81. The van der Waals surface area contributed by atoms with Crippen LogP contribution in [0.15, 0.2) is 0 Å². The van der Waals surface area contributed by atoms with E-state index in [4.69, 9.17) is 5.73 Å². The Morgan fingerprint density at radius 2 is 1.75 bits per heavy atom. The lowest BCUT2D eigenvalue weighted by Gasteiger charge is -2.40. The van der Waals surface area contributed by atoms with Gasteiger partial charge in [-0.3, -0.25) is 14.5 Å². The number of urea groups is 1. The second-order valence-corrected chi connectivity index (χ2v) is 9.28. The Morgan fingerprint density at radius 1 is 1.21 bits per heavy atom. The van der Waals surface area contributed by atoms with E-state index in [0.29, 0.717) is 38.1 Å². The van der Waals surface area contributed by atoms with Crippen LogP contribution in [0.25, 0.3) is 0 Å². The maximum absolute atomic E-state index is 13.0. The van der Waals surface area contributed by atoms with Gasteiger partial charge in [0.05, 0.1) is 5.54 Å². The van der Waals surface area contributed by atoms with E-state index >= 15 is 0 Å². The third kappa shape index (κ3) is 4.79. The molecule has 1 aliphatic heterocycles. The molecule has 1 aliphatic carbocycles. The van der Waals surface area contributed by atoms with Crippen molar-refractivity contribution in [1.29, 1.82) is 0 Å². The molecule has 1 saturated heterocycles. The molecule has 0 bridgehead atoms. The first kappa shape index (κ1) is 24.7. The van der Waals surface area contributed by atoms with Gasteiger partial charge < -0.3 is 16.4 Å². The zero-order chi connectivity index (χ0) is 20.5. The van der Waals surface area contributed by atoms with Crippen LogP contribution in [0.1, 0.15) is 73.1 Å². The molecule has 0 aromatic rings. The Morgan fingerprint density at radius 3 is 2.18 bits per heavy atom. The Bertz CT molecular complexity index is 582. The van der Waals surface area contributed by atoms with Crippen molar-refractivity contribution < 1.29 is 14.4 Å². The number of carbonyl (C=O) groups excluding carboxylic acids is 3. The van der Waals surface area contributed by atoms with Crippen molar-refractivity contribution in [2.75, 3.05) is 13.1 Å². The molecule has 1 saturated carbocycles. The molecule has 2 fully saturated rings. The normalized spacial score (nSPS) is 25.5. The number of imide groups is 1. The molecule has 0 unspecified atom stereocenters. The summed E-state index contributed by atoms with van der Waals surface area (Å²) in [5.74, 6) is -0.0705. The highest BCUT2D eigenvalue weighted by molar-refractivity contribution is 6.09. The number of nitrogens with two attached hydrogens (primary N) is 1.